The van der Waals surface area contributed by atoms with Gasteiger partial charge in [0.1, 0.15) is 21.4 Å². The molecule has 2 aromatic carbocycles. The third-order valence-corrected chi connectivity index (χ3v) is 9.05. The molecule has 6 aromatic rings. The van der Waals surface area contributed by atoms with E-state index in [0.29, 0.717) is 64.3 Å². The monoisotopic (exact) mass is 650 g/mol. The molecule has 0 N–H and O–H groups in total. The first kappa shape index (κ1) is 27.1. The van der Waals surface area contributed by atoms with Gasteiger partial charge < -0.3 is 0 Å². The van der Waals surface area contributed by atoms with Gasteiger partial charge in [-0.1, -0.05) is 58.5 Å². The molecular weight excluding hydrogens is 638 g/mol. The number of hydrogen-bond acceptors (Lipinski definition) is 10. The number of hydrogen-bond donors (Lipinski definition) is 0. The topological polar surface area (TPSA) is 123 Å². The number of benzene rings is 2. The molecular formula is C22H14Cl4N12S2. The maximum atomic E-state index is 6.56. The average molecular weight is 652 g/mol. The Hall–Kier alpha value is -3.14. The molecule has 4 aromatic heterocycles. The van der Waals surface area contributed by atoms with Crippen LogP contribution >= 0.6 is 68.0 Å². The lowest BCUT2D eigenvalue weighted by Gasteiger charge is -2.13. The maximum absolute atomic E-state index is 6.56. The molecule has 0 saturated heterocycles. The Morgan fingerprint density at radius 1 is 0.600 bits per heavy atom. The summed E-state index contributed by atoms with van der Waals surface area (Å²) in [4.78, 5) is 2.73. The van der Waals surface area contributed by atoms with Crippen molar-refractivity contribution in [1.29, 1.82) is 0 Å². The summed E-state index contributed by atoms with van der Waals surface area (Å²) in [5.74, 6) is 0.747. The molecule has 0 radical (unpaired) electrons. The average Bonchev–Trinajstić information content (AvgIpc) is 3.70. The Morgan fingerprint density at radius 3 is 1.30 bits per heavy atom. The highest BCUT2D eigenvalue weighted by Crippen LogP contribution is 2.47. The van der Waals surface area contributed by atoms with Gasteiger partial charge in [0.25, 0.3) is 0 Å². The van der Waals surface area contributed by atoms with Crippen molar-refractivity contribution >= 4 is 68.0 Å². The number of tetrazole rings is 2. The minimum atomic E-state index is 0.374. The lowest BCUT2D eigenvalue weighted by molar-refractivity contribution is 0.630. The van der Waals surface area contributed by atoms with E-state index in [-0.39, 0.29) is 0 Å². The van der Waals surface area contributed by atoms with Crippen LogP contribution in [-0.2, 0) is 14.1 Å². The van der Waals surface area contributed by atoms with Crippen LogP contribution in [0.1, 0.15) is 0 Å². The van der Waals surface area contributed by atoms with E-state index >= 15 is 0 Å². The zero-order chi connectivity index (χ0) is 28.0. The van der Waals surface area contributed by atoms with Gasteiger partial charge >= 0.3 is 0 Å². The van der Waals surface area contributed by atoms with E-state index in [9.17, 15) is 0 Å². The Bertz CT molecular complexity index is 1690. The summed E-state index contributed by atoms with van der Waals surface area (Å²) in [6.07, 6.45) is 3.26. The summed E-state index contributed by atoms with van der Waals surface area (Å²) in [6, 6.07) is 10.5. The fourth-order valence-electron chi connectivity index (χ4n) is 3.71. The van der Waals surface area contributed by atoms with Crippen LogP contribution in [0.25, 0.3) is 34.2 Å². The molecule has 0 amide bonds. The van der Waals surface area contributed by atoms with Crippen LogP contribution in [0.3, 0.4) is 0 Å². The van der Waals surface area contributed by atoms with Crippen molar-refractivity contribution in [2.75, 3.05) is 0 Å². The van der Waals surface area contributed by atoms with Crippen molar-refractivity contribution in [3.63, 3.8) is 0 Å². The largest absolute Gasteiger partial charge is 0.223 e. The van der Waals surface area contributed by atoms with E-state index in [1.54, 1.807) is 72.3 Å². The van der Waals surface area contributed by atoms with Gasteiger partial charge in [-0.3, -0.25) is 0 Å². The van der Waals surface area contributed by atoms with Gasteiger partial charge in [-0.25, -0.2) is 9.36 Å². The highest BCUT2D eigenvalue weighted by atomic mass is 35.5. The van der Waals surface area contributed by atoms with Crippen molar-refractivity contribution in [3.05, 3.63) is 68.9 Å². The molecule has 0 aliphatic heterocycles. The molecule has 0 saturated carbocycles. The number of rotatable bonds is 7. The predicted molar refractivity (Wildman–Crippen MR) is 154 cm³/mol. The van der Waals surface area contributed by atoms with Crippen LogP contribution in [-0.4, -0.2) is 60.0 Å². The molecule has 0 unspecified atom stereocenters. The van der Waals surface area contributed by atoms with Crippen molar-refractivity contribution in [3.8, 4) is 34.2 Å². The van der Waals surface area contributed by atoms with Crippen molar-refractivity contribution in [2.45, 2.75) is 10.1 Å². The second kappa shape index (κ2) is 11.0. The van der Waals surface area contributed by atoms with Crippen LogP contribution < -0.4 is 0 Å². The number of aromatic nitrogens is 12. The maximum Gasteiger partial charge on any atom is 0.209 e. The first-order chi connectivity index (χ1) is 19.3. The minimum absolute atomic E-state index is 0.374. The van der Waals surface area contributed by atoms with Gasteiger partial charge in [-0.2, -0.15) is 19.8 Å². The van der Waals surface area contributed by atoms with Gasteiger partial charge in [0.15, 0.2) is 0 Å². The quantitative estimate of drug-likeness (QED) is 0.194. The van der Waals surface area contributed by atoms with E-state index in [0.717, 1.165) is 0 Å². The molecule has 4 heterocycles. The highest BCUT2D eigenvalue weighted by molar-refractivity contribution is 8.76. The van der Waals surface area contributed by atoms with Gasteiger partial charge in [-0.05, 0) is 56.3 Å². The molecule has 18 heteroatoms. The van der Waals surface area contributed by atoms with Crippen LogP contribution in [0.2, 0.25) is 20.1 Å². The first-order valence-electron chi connectivity index (χ1n) is 11.2. The Morgan fingerprint density at radius 2 is 0.975 bits per heavy atom. The fourth-order valence-corrected chi connectivity index (χ4v) is 7.30. The summed E-state index contributed by atoms with van der Waals surface area (Å²) >= 11 is 26.3. The van der Waals surface area contributed by atoms with Gasteiger partial charge in [0, 0.05) is 0 Å². The molecule has 12 nitrogen and oxygen atoms in total. The fraction of sp³-hybridized carbons (Fsp3) is 0.0909. The van der Waals surface area contributed by atoms with Gasteiger partial charge in [-0.15, -0.1) is 20.4 Å². The summed E-state index contributed by atoms with van der Waals surface area (Å²) in [7, 11) is 6.05. The summed E-state index contributed by atoms with van der Waals surface area (Å²) < 4.78 is 3.27. The second-order valence-corrected chi connectivity index (χ2v) is 11.8. The molecule has 202 valence electrons. The van der Waals surface area contributed by atoms with E-state index in [1.165, 1.54) is 31.2 Å². The molecule has 0 bridgehead atoms. The molecule has 0 atom stereocenters. The second-order valence-electron chi connectivity index (χ2n) is 8.06. The number of para-hydroxylation sites is 2. The summed E-state index contributed by atoms with van der Waals surface area (Å²) in [6.45, 7) is 0. The van der Waals surface area contributed by atoms with E-state index in [1.807, 2.05) is 0 Å². The van der Waals surface area contributed by atoms with Crippen molar-refractivity contribution in [1.82, 2.24) is 60.0 Å². The van der Waals surface area contributed by atoms with Crippen LogP contribution in [0.5, 0.6) is 0 Å². The Labute approximate surface area is 253 Å². The van der Waals surface area contributed by atoms with Crippen molar-refractivity contribution in [2.24, 2.45) is 14.1 Å². The molecule has 6 rings (SSSR count). The molecule has 40 heavy (non-hydrogen) atoms. The third-order valence-electron chi connectivity index (χ3n) is 5.45. The number of halogens is 4. The van der Waals surface area contributed by atoms with Crippen LogP contribution in [0.15, 0.2) is 58.8 Å². The lowest BCUT2D eigenvalue weighted by atomic mass is 10.3. The molecule has 0 aliphatic rings. The summed E-state index contributed by atoms with van der Waals surface area (Å²) in [5.41, 5.74) is 2.23. The zero-order valence-electron chi connectivity index (χ0n) is 20.3. The third kappa shape index (κ3) is 4.95. The summed E-state index contributed by atoms with van der Waals surface area (Å²) in [5, 5.41) is 37.1. The van der Waals surface area contributed by atoms with Crippen molar-refractivity contribution < 1.29 is 0 Å². The SMILES string of the molecule is Cn1nnc(-c2cnn(-c3c(Cl)cccc3Cl)c2SSc2c(-c3nnn(C)n3)cnn2-c2c(Cl)cccc2Cl)n1. The molecule has 0 aliphatic carbocycles. The van der Waals surface area contributed by atoms with E-state index in [2.05, 4.69) is 41.0 Å². The Balaban J connectivity index is 1.50. The van der Waals surface area contributed by atoms with E-state index in [4.69, 9.17) is 46.4 Å². The molecule has 0 fully saturated rings. The zero-order valence-corrected chi connectivity index (χ0v) is 25.0. The number of nitrogens with zero attached hydrogens (tertiary/aromatic N) is 12. The van der Waals surface area contributed by atoms with Crippen LogP contribution in [0.4, 0.5) is 0 Å². The van der Waals surface area contributed by atoms with Crippen LogP contribution in [0, 0.1) is 0 Å². The van der Waals surface area contributed by atoms with Gasteiger partial charge in [0.05, 0.1) is 57.7 Å². The lowest BCUT2D eigenvalue weighted by Crippen LogP contribution is -2.02. The number of aryl methyl sites for hydroxylation is 2. The Kier molecular flexibility index (Phi) is 7.46. The van der Waals surface area contributed by atoms with Gasteiger partial charge in [0.2, 0.25) is 11.6 Å². The smallest absolute Gasteiger partial charge is 0.209 e. The molecule has 0 spiro atoms. The van der Waals surface area contributed by atoms with E-state index < -0.39 is 0 Å². The minimum Gasteiger partial charge on any atom is -0.223 e. The first-order valence-corrected chi connectivity index (χ1v) is 14.9. The predicted octanol–water partition coefficient (Wildman–Crippen LogP) is 5.85. The standard InChI is InChI=1S/C22H14Cl4N12S2/c1-35-31-19(29-33-35)11-9-27-37(17-13(23)5-3-6-14(17)24)21(11)39-40-22-12(20-30-34-36(2)32-20)10-28-38(22)18-15(25)7-4-8-16(18)26/h3-10H,1-2H3. The highest BCUT2D eigenvalue weighted by Gasteiger charge is 2.26. The normalized spacial score (nSPS) is 11.4.